The van der Waals surface area contributed by atoms with Crippen LogP contribution in [0.4, 0.5) is 0 Å². The van der Waals surface area contributed by atoms with E-state index in [0.29, 0.717) is 50.2 Å². The molecule has 188 valence electrons. The monoisotopic (exact) mass is 505 g/mol. The number of carbonyl (C=O) groups excluding carboxylic acids is 2. The SMILES string of the molecule is COc1cccc(C(=O)N2CCC3(CC2)N[C@@H](Cc2ccccc2)C(=O)N3Cc2ccccc2)c1.Cl. The maximum atomic E-state index is 13.7. The second-order valence-electron chi connectivity index (χ2n) is 9.35. The third-order valence-corrected chi connectivity index (χ3v) is 7.18. The Morgan fingerprint density at radius 2 is 1.58 bits per heavy atom. The van der Waals surface area contributed by atoms with E-state index >= 15 is 0 Å². The van der Waals surface area contributed by atoms with E-state index in [1.54, 1.807) is 13.2 Å². The second kappa shape index (κ2) is 11.1. The summed E-state index contributed by atoms with van der Waals surface area (Å²) >= 11 is 0. The summed E-state index contributed by atoms with van der Waals surface area (Å²) in [4.78, 5) is 30.8. The van der Waals surface area contributed by atoms with E-state index in [2.05, 4.69) is 29.6 Å². The third-order valence-electron chi connectivity index (χ3n) is 7.18. The van der Waals surface area contributed by atoms with Crippen molar-refractivity contribution < 1.29 is 14.3 Å². The summed E-state index contributed by atoms with van der Waals surface area (Å²) < 4.78 is 5.29. The van der Waals surface area contributed by atoms with E-state index in [1.165, 1.54) is 0 Å². The fourth-order valence-corrected chi connectivity index (χ4v) is 5.28. The first kappa shape index (κ1) is 25.7. The molecular weight excluding hydrogens is 474 g/mol. The van der Waals surface area contributed by atoms with Gasteiger partial charge in [0.1, 0.15) is 5.75 Å². The Kier molecular flexibility index (Phi) is 7.97. The van der Waals surface area contributed by atoms with Crippen LogP contribution in [-0.2, 0) is 17.8 Å². The summed E-state index contributed by atoms with van der Waals surface area (Å²) in [5.74, 6) is 0.800. The number of nitrogens with one attached hydrogen (secondary N) is 1. The highest BCUT2D eigenvalue weighted by molar-refractivity contribution is 5.94. The quantitative estimate of drug-likeness (QED) is 0.543. The predicted octanol–water partition coefficient (Wildman–Crippen LogP) is 4.29. The van der Waals surface area contributed by atoms with Crippen LogP contribution in [0.15, 0.2) is 84.9 Å². The van der Waals surface area contributed by atoms with Crippen LogP contribution < -0.4 is 10.1 Å². The van der Waals surface area contributed by atoms with E-state index < -0.39 is 5.66 Å². The molecule has 7 heteroatoms. The molecule has 5 rings (SSSR count). The summed E-state index contributed by atoms with van der Waals surface area (Å²) in [6, 6.07) is 27.3. The maximum absolute atomic E-state index is 13.7. The molecule has 1 N–H and O–H groups in total. The van der Waals surface area contributed by atoms with E-state index in [0.717, 1.165) is 11.1 Å². The van der Waals surface area contributed by atoms with E-state index in [1.807, 2.05) is 64.4 Å². The van der Waals surface area contributed by atoms with Gasteiger partial charge in [-0.3, -0.25) is 14.9 Å². The number of rotatable bonds is 6. The van der Waals surface area contributed by atoms with Gasteiger partial charge in [0.2, 0.25) is 5.91 Å². The zero-order valence-electron chi connectivity index (χ0n) is 20.4. The van der Waals surface area contributed by atoms with E-state index in [9.17, 15) is 9.59 Å². The minimum atomic E-state index is -0.461. The number of methoxy groups -OCH3 is 1. The van der Waals surface area contributed by atoms with Gasteiger partial charge in [-0.1, -0.05) is 66.7 Å². The highest BCUT2D eigenvalue weighted by Crippen LogP contribution is 2.35. The molecule has 1 spiro atoms. The van der Waals surface area contributed by atoms with Crippen LogP contribution in [0.2, 0.25) is 0 Å². The molecule has 2 aliphatic heterocycles. The summed E-state index contributed by atoms with van der Waals surface area (Å²) in [5, 5.41) is 3.71. The molecule has 2 aliphatic rings. The first-order chi connectivity index (χ1) is 17.1. The molecule has 2 saturated heterocycles. The minimum absolute atomic E-state index is 0. The van der Waals surface area contributed by atoms with E-state index in [4.69, 9.17) is 4.74 Å². The van der Waals surface area contributed by atoms with Crippen LogP contribution >= 0.6 is 12.4 Å². The third kappa shape index (κ3) is 5.25. The number of hydrogen-bond acceptors (Lipinski definition) is 4. The lowest BCUT2D eigenvalue weighted by Crippen LogP contribution is -2.59. The van der Waals surface area contributed by atoms with Crippen molar-refractivity contribution in [1.82, 2.24) is 15.1 Å². The fraction of sp³-hybridized carbons (Fsp3) is 0.310. The van der Waals surface area contributed by atoms with Crippen molar-refractivity contribution in [3.05, 3.63) is 102 Å². The van der Waals surface area contributed by atoms with Crippen molar-refractivity contribution in [3.63, 3.8) is 0 Å². The van der Waals surface area contributed by atoms with Crippen molar-refractivity contribution in [1.29, 1.82) is 0 Å². The molecule has 1 atom stereocenters. The Morgan fingerprint density at radius 1 is 0.944 bits per heavy atom. The van der Waals surface area contributed by atoms with Crippen LogP contribution in [0.3, 0.4) is 0 Å². The van der Waals surface area contributed by atoms with Crippen LogP contribution in [0.25, 0.3) is 0 Å². The number of likely N-dealkylation sites (tertiary alicyclic amines) is 1. The number of nitrogens with zero attached hydrogens (tertiary/aromatic N) is 2. The zero-order valence-corrected chi connectivity index (χ0v) is 21.2. The zero-order chi connectivity index (χ0) is 24.3. The number of amides is 2. The van der Waals surface area contributed by atoms with Gasteiger partial charge in [-0.25, -0.2) is 0 Å². The van der Waals surface area contributed by atoms with Gasteiger partial charge in [0.05, 0.1) is 18.8 Å². The summed E-state index contributed by atoms with van der Waals surface area (Å²) in [6.07, 6.45) is 2.03. The van der Waals surface area contributed by atoms with Gasteiger partial charge < -0.3 is 14.5 Å². The molecule has 0 unspecified atom stereocenters. The highest BCUT2D eigenvalue weighted by atomic mass is 35.5. The lowest BCUT2D eigenvalue weighted by atomic mass is 9.94. The van der Waals surface area contributed by atoms with Gasteiger partial charge in [0.15, 0.2) is 0 Å². The van der Waals surface area contributed by atoms with Gasteiger partial charge in [0.25, 0.3) is 5.91 Å². The number of hydrogen-bond donors (Lipinski definition) is 1. The first-order valence-electron chi connectivity index (χ1n) is 12.2. The van der Waals surface area contributed by atoms with Gasteiger partial charge >= 0.3 is 0 Å². The number of ether oxygens (including phenoxy) is 1. The number of halogens is 1. The molecule has 2 fully saturated rings. The lowest BCUT2D eigenvalue weighted by molar-refractivity contribution is -0.134. The topological polar surface area (TPSA) is 61.9 Å². The Bertz CT molecular complexity index is 1180. The molecule has 6 nitrogen and oxygen atoms in total. The molecular formula is C29H32ClN3O3. The molecule has 0 saturated carbocycles. The number of benzene rings is 3. The van der Waals surface area contributed by atoms with Gasteiger partial charge in [0, 0.05) is 38.0 Å². The van der Waals surface area contributed by atoms with E-state index in [-0.39, 0.29) is 30.3 Å². The number of carbonyl (C=O) groups is 2. The lowest BCUT2D eigenvalue weighted by Gasteiger charge is -2.44. The molecule has 36 heavy (non-hydrogen) atoms. The molecule has 0 aliphatic carbocycles. The van der Waals surface area contributed by atoms with Crippen molar-refractivity contribution in [2.75, 3.05) is 20.2 Å². The predicted molar refractivity (Wildman–Crippen MR) is 142 cm³/mol. The molecule has 0 radical (unpaired) electrons. The second-order valence-corrected chi connectivity index (χ2v) is 9.35. The summed E-state index contributed by atoms with van der Waals surface area (Å²) in [7, 11) is 1.60. The Balaban J connectivity index is 0.00000304. The molecule has 3 aromatic rings. The van der Waals surface area contributed by atoms with Crippen LogP contribution in [-0.4, -0.2) is 53.5 Å². The van der Waals surface area contributed by atoms with Gasteiger partial charge in [-0.05, 0) is 35.7 Å². The first-order valence-corrected chi connectivity index (χ1v) is 12.2. The number of piperidine rings is 1. The molecule has 0 bridgehead atoms. The van der Waals surface area contributed by atoms with Crippen LogP contribution in [0.1, 0.15) is 34.3 Å². The highest BCUT2D eigenvalue weighted by Gasteiger charge is 2.51. The Hall–Kier alpha value is -3.35. The van der Waals surface area contributed by atoms with Gasteiger partial charge in [-0.2, -0.15) is 0 Å². The van der Waals surface area contributed by atoms with Gasteiger partial charge in [-0.15, -0.1) is 12.4 Å². The largest absolute Gasteiger partial charge is 0.497 e. The summed E-state index contributed by atoms with van der Waals surface area (Å²) in [6.45, 7) is 1.72. The van der Waals surface area contributed by atoms with Crippen LogP contribution in [0, 0.1) is 0 Å². The Morgan fingerprint density at radius 3 is 2.22 bits per heavy atom. The average Bonchev–Trinajstić information content (AvgIpc) is 3.15. The average molecular weight is 506 g/mol. The summed E-state index contributed by atoms with van der Waals surface area (Å²) in [5.41, 5.74) is 2.41. The Labute approximate surface area is 218 Å². The van der Waals surface area contributed by atoms with Crippen molar-refractivity contribution in [3.8, 4) is 5.75 Å². The van der Waals surface area contributed by atoms with Crippen molar-refractivity contribution in [2.45, 2.75) is 37.5 Å². The van der Waals surface area contributed by atoms with Crippen molar-refractivity contribution >= 4 is 24.2 Å². The fourth-order valence-electron chi connectivity index (χ4n) is 5.28. The standard InChI is InChI=1S/C29H31N3O3.ClH/c1-35-25-14-8-13-24(20-25)27(33)31-17-15-29(16-18-31)30-26(19-22-9-4-2-5-10-22)28(34)32(29)21-23-11-6-3-7-12-23;/h2-14,20,26,30H,15-19,21H2,1H3;1H/t26-;/m0./s1. The molecule has 3 aromatic carbocycles. The van der Waals surface area contributed by atoms with Crippen LogP contribution in [0.5, 0.6) is 5.75 Å². The smallest absolute Gasteiger partial charge is 0.253 e. The maximum Gasteiger partial charge on any atom is 0.253 e. The molecule has 0 aromatic heterocycles. The normalized spacial score (nSPS) is 18.7. The molecule has 2 heterocycles. The molecule has 2 amide bonds. The van der Waals surface area contributed by atoms with Crippen molar-refractivity contribution in [2.24, 2.45) is 0 Å². The minimum Gasteiger partial charge on any atom is -0.497 e.